The van der Waals surface area contributed by atoms with Crippen LogP contribution < -0.4 is 5.73 Å². The van der Waals surface area contributed by atoms with Gasteiger partial charge in [0.05, 0.1) is 29.8 Å². The van der Waals surface area contributed by atoms with E-state index in [0.717, 1.165) is 6.07 Å². The Morgan fingerprint density at radius 2 is 2.12 bits per heavy atom. The van der Waals surface area contributed by atoms with Crippen molar-refractivity contribution in [2.45, 2.75) is 19.4 Å². The zero-order valence-corrected chi connectivity index (χ0v) is 8.24. The van der Waals surface area contributed by atoms with Gasteiger partial charge in [-0.2, -0.15) is 10.5 Å². The number of hydrogen-bond acceptors (Lipinski definition) is 4. The lowest BCUT2D eigenvalue weighted by Gasteiger charge is -2.08. The zero-order chi connectivity index (χ0) is 12.1. The Hall–Kier alpha value is -2.05. The van der Waals surface area contributed by atoms with Crippen LogP contribution in [-0.2, 0) is 13.0 Å². The van der Waals surface area contributed by atoms with Crippen molar-refractivity contribution < 1.29 is 8.78 Å². The fourth-order valence-corrected chi connectivity index (χ4v) is 1.31. The first kappa shape index (κ1) is 12.0. The van der Waals surface area contributed by atoms with Gasteiger partial charge >= 0.3 is 0 Å². The van der Waals surface area contributed by atoms with Crippen molar-refractivity contribution in [3.63, 3.8) is 0 Å². The van der Waals surface area contributed by atoms with Crippen molar-refractivity contribution in [1.82, 2.24) is 4.98 Å². The summed E-state index contributed by atoms with van der Waals surface area (Å²) in [6, 6.07) is 4.59. The Morgan fingerprint density at radius 1 is 1.44 bits per heavy atom. The summed E-state index contributed by atoms with van der Waals surface area (Å²) in [5, 5.41) is 17.3. The van der Waals surface area contributed by atoms with E-state index in [-0.39, 0.29) is 24.2 Å². The Kier molecular flexibility index (Phi) is 3.87. The number of alkyl halides is 2. The minimum Gasteiger partial charge on any atom is -0.326 e. The van der Waals surface area contributed by atoms with Crippen LogP contribution in [0.4, 0.5) is 8.78 Å². The molecule has 0 aliphatic carbocycles. The van der Waals surface area contributed by atoms with Gasteiger partial charge in [-0.05, 0) is 6.07 Å². The summed E-state index contributed by atoms with van der Waals surface area (Å²) in [6.07, 6.45) is -2.90. The van der Waals surface area contributed by atoms with Gasteiger partial charge in [0.25, 0.3) is 6.43 Å². The molecule has 0 bridgehead atoms. The predicted octanol–water partition coefficient (Wildman–Crippen LogP) is 1.42. The highest BCUT2D eigenvalue weighted by atomic mass is 19.3. The van der Waals surface area contributed by atoms with Gasteiger partial charge in [0.1, 0.15) is 5.69 Å². The van der Waals surface area contributed by atoms with E-state index in [1.165, 1.54) is 0 Å². The second-order valence-electron chi connectivity index (χ2n) is 2.97. The number of aromatic nitrogens is 1. The second kappa shape index (κ2) is 5.15. The molecule has 16 heavy (non-hydrogen) atoms. The first-order chi connectivity index (χ1) is 7.63. The van der Waals surface area contributed by atoms with Crippen LogP contribution in [0.5, 0.6) is 0 Å². The molecule has 0 radical (unpaired) electrons. The number of nitrogens with two attached hydrogens (primary N) is 1. The van der Waals surface area contributed by atoms with Gasteiger partial charge in [-0.3, -0.25) is 4.98 Å². The summed E-state index contributed by atoms with van der Waals surface area (Å²) in [5.74, 6) is 0. The lowest BCUT2D eigenvalue weighted by Crippen LogP contribution is -2.09. The van der Waals surface area contributed by atoms with Crippen molar-refractivity contribution in [2.24, 2.45) is 5.73 Å². The van der Waals surface area contributed by atoms with Crippen LogP contribution in [0.2, 0.25) is 0 Å². The molecule has 6 heteroatoms. The molecule has 0 amide bonds. The fourth-order valence-electron chi connectivity index (χ4n) is 1.31. The molecule has 1 aromatic heterocycles. The molecule has 0 atom stereocenters. The quantitative estimate of drug-likeness (QED) is 0.837. The number of halogens is 2. The predicted molar refractivity (Wildman–Crippen MR) is 51.1 cm³/mol. The van der Waals surface area contributed by atoms with Crippen molar-refractivity contribution in [1.29, 1.82) is 10.5 Å². The molecule has 4 nitrogen and oxygen atoms in total. The number of hydrogen-bond donors (Lipinski definition) is 1. The third kappa shape index (κ3) is 2.30. The van der Waals surface area contributed by atoms with Gasteiger partial charge in [-0.15, -0.1) is 0 Å². The van der Waals surface area contributed by atoms with E-state index in [1.807, 2.05) is 0 Å². The molecule has 1 aromatic rings. The maximum Gasteiger partial charge on any atom is 0.280 e. The monoisotopic (exact) mass is 222 g/mol. The molecule has 82 valence electrons. The highest BCUT2D eigenvalue weighted by Gasteiger charge is 2.16. The molecule has 0 aromatic carbocycles. The van der Waals surface area contributed by atoms with E-state index in [9.17, 15) is 8.78 Å². The molecule has 0 aliphatic rings. The molecule has 2 N–H and O–H groups in total. The molecule has 0 saturated carbocycles. The molecule has 0 saturated heterocycles. The molecule has 0 spiro atoms. The highest BCUT2D eigenvalue weighted by molar-refractivity contribution is 5.42. The van der Waals surface area contributed by atoms with E-state index in [1.54, 1.807) is 12.1 Å². The molecule has 0 unspecified atom stereocenters. The maximum absolute atomic E-state index is 12.5. The average Bonchev–Trinajstić information content (AvgIpc) is 2.28. The lowest BCUT2D eigenvalue weighted by molar-refractivity contribution is 0.145. The first-order valence-electron chi connectivity index (χ1n) is 4.42. The van der Waals surface area contributed by atoms with Crippen LogP contribution in [0, 0.1) is 22.7 Å². The zero-order valence-electron chi connectivity index (χ0n) is 8.24. The minimum atomic E-state index is -2.77. The van der Waals surface area contributed by atoms with Gasteiger partial charge < -0.3 is 5.73 Å². The largest absolute Gasteiger partial charge is 0.326 e. The van der Waals surface area contributed by atoms with E-state index in [0.29, 0.717) is 5.56 Å². The third-order valence-electron chi connectivity index (χ3n) is 2.02. The number of pyridine rings is 1. The number of nitrogens with zero attached hydrogens (tertiary/aromatic N) is 3. The van der Waals surface area contributed by atoms with Crippen LogP contribution in [0.25, 0.3) is 0 Å². The van der Waals surface area contributed by atoms with E-state index in [2.05, 4.69) is 4.98 Å². The normalized spacial score (nSPS) is 9.88. The lowest BCUT2D eigenvalue weighted by atomic mass is 10.0. The summed E-state index contributed by atoms with van der Waals surface area (Å²) < 4.78 is 24.9. The Labute approximate surface area is 90.9 Å². The minimum absolute atomic E-state index is 0.00355. The summed E-state index contributed by atoms with van der Waals surface area (Å²) in [4.78, 5) is 3.64. The van der Waals surface area contributed by atoms with Crippen molar-refractivity contribution >= 4 is 0 Å². The van der Waals surface area contributed by atoms with Gasteiger partial charge in [-0.25, -0.2) is 8.78 Å². The van der Waals surface area contributed by atoms with E-state index < -0.39 is 12.1 Å². The smallest absolute Gasteiger partial charge is 0.280 e. The van der Waals surface area contributed by atoms with Crippen molar-refractivity contribution in [3.8, 4) is 12.1 Å². The molecular formula is C10H8F2N4. The van der Waals surface area contributed by atoms with Crippen LogP contribution in [-0.4, -0.2) is 4.98 Å². The molecule has 0 fully saturated rings. The van der Waals surface area contributed by atoms with Gasteiger partial charge in [0.15, 0.2) is 0 Å². The van der Waals surface area contributed by atoms with Gasteiger partial charge in [0.2, 0.25) is 0 Å². The standard InChI is InChI=1S/C10H8F2N4/c11-10(12)9-3-6(4-14)7(5-15)8(16-9)1-2-13/h3,10H,1,5,15H2. The average molecular weight is 222 g/mol. The molecule has 0 aliphatic heterocycles. The van der Waals surface area contributed by atoms with E-state index >= 15 is 0 Å². The van der Waals surface area contributed by atoms with Crippen molar-refractivity contribution in [2.75, 3.05) is 0 Å². The highest BCUT2D eigenvalue weighted by Crippen LogP contribution is 2.21. The van der Waals surface area contributed by atoms with Crippen LogP contribution in [0.15, 0.2) is 6.07 Å². The summed E-state index contributed by atoms with van der Waals surface area (Å²) in [6.45, 7) is -0.00355. The second-order valence-corrected chi connectivity index (χ2v) is 2.97. The van der Waals surface area contributed by atoms with Gasteiger partial charge in [0, 0.05) is 12.1 Å². The maximum atomic E-state index is 12.5. The summed E-state index contributed by atoms with van der Waals surface area (Å²) in [7, 11) is 0. The first-order valence-corrected chi connectivity index (χ1v) is 4.42. The molecule has 1 heterocycles. The summed E-state index contributed by atoms with van der Waals surface area (Å²) >= 11 is 0. The molecule has 1 rings (SSSR count). The number of rotatable bonds is 3. The summed E-state index contributed by atoms with van der Waals surface area (Å²) in [5.41, 5.74) is 5.46. The fraction of sp³-hybridized carbons (Fsp3) is 0.300. The van der Waals surface area contributed by atoms with Gasteiger partial charge in [-0.1, -0.05) is 0 Å². The van der Waals surface area contributed by atoms with Crippen LogP contribution in [0.1, 0.15) is 28.9 Å². The Bertz CT molecular complexity index is 471. The Morgan fingerprint density at radius 3 is 2.56 bits per heavy atom. The van der Waals surface area contributed by atoms with Crippen LogP contribution in [0.3, 0.4) is 0 Å². The topological polar surface area (TPSA) is 86.5 Å². The number of nitriles is 2. The van der Waals surface area contributed by atoms with Crippen molar-refractivity contribution in [3.05, 3.63) is 28.6 Å². The van der Waals surface area contributed by atoms with Crippen LogP contribution >= 0.6 is 0 Å². The van der Waals surface area contributed by atoms with E-state index in [4.69, 9.17) is 16.3 Å². The third-order valence-corrected chi connectivity index (χ3v) is 2.02. The Balaban J connectivity index is 3.40. The SMILES string of the molecule is N#CCc1nc(C(F)F)cc(C#N)c1CN. The molecular weight excluding hydrogens is 214 g/mol.